The Labute approximate surface area is 96.5 Å². The zero-order valence-electron chi connectivity index (χ0n) is 10.3. The van der Waals surface area contributed by atoms with Gasteiger partial charge in [-0.3, -0.25) is 4.79 Å². The fourth-order valence-electron chi connectivity index (χ4n) is 1.29. The Balaban J connectivity index is 2.95. The van der Waals surface area contributed by atoms with E-state index < -0.39 is 0 Å². The standard InChI is InChI=1S/C12H19N3O/c1-5-12(2,3)15(4)11(16)9-6-7-14-10(13)8-9/h6-8H,5H2,1-4H3,(H2,13,14). The molecule has 1 amide bonds. The van der Waals surface area contributed by atoms with Crippen LogP contribution in [0, 0.1) is 0 Å². The molecule has 0 spiro atoms. The van der Waals surface area contributed by atoms with Crippen molar-refractivity contribution in [2.75, 3.05) is 12.8 Å². The number of carbonyl (C=O) groups excluding carboxylic acids is 1. The molecule has 0 aliphatic rings. The van der Waals surface area contributed by atoms with Crippen molar-refractivity contribution in [2.24, 2.45) is 0 Å². The summed E-state index contributed by atoms with van der Waals surface area (Å²) in [4.78, 5) is 17.8. The molecular formula is C12H19N3O. The van der Waals surface area contributed by atoms with Crippen molar-refractivity contribution < 1.29 is 4.79 Å². The molecule has 88 valence electrons. The second-order valence-electron chi connectivity index (χ2n) is 4.50. The maximum absolute atomic E-state index is 12.1. The van der Waals surface area contributed by atoms with Crippen molar-refractivity contribution >= 4 is 11.7 Å². The number of amides is 1. The summed E-state index contributed by atoms with van der Waals surface area (Å²) in [5.41, 5.74) is 5.98. The molecule has 16 heavy (non-hydrogen) atoms. The number of pyridine rings is 1. The maximum Gasteiger partial charge on any atom is 0.254 e. The van der Waals surface area contributed by atoms with Crippen LogP contribution in [-0.2, 0) is 0 Å². The van der Waals surface area contributed by atoms with Gasteiger partial charge in [0.05, 0.1) is 0 Å². The van der Waals surface area contributed by atoms with Gasteiger partial charge in [0.15, 0.2) is 0 Å². The number of aromatic nitrogens is 1. The molecule has 4 nitrogen and oxygen atoms in total. The van der Waals surface area contributed by atoms with Crippen LogP contribution in [0.25, 0.3) is 0 Å². The molecule has 4 heteroatoms. The normalized spacial score (nSPS) is 11.2. The smallest absolute Gasteiger partial charge is 0.254 e. The van der Waals surface area contributed by atoms with Crippen molar-refractivity contribution in [2.45, 2.75) is 32.7 Å². The van der Waals surface area contributed by atoms with Gasteiger partial charge >= 0.3 is 0 Å². The van der Waals surface area contributed by atoms with Gasteiger partial charge in [-0.25, -0.2) is 4.98 Å². The Hall–Kier alpha value is -1.58. The number of anilines is 1. The van der Waals surface area contributed by atoms with E-state index in [1.165, 1.54) is 0 Å². The number of nitrogen functional groups attached to an aromatic ring is 1. The van der Waals surface area contributed by atoms with Crippen LogP contribution < -0.4 is 5.73 Å². The van der Waals surface area contributed by atoms with Crippen LogP contribution >= 0.6 is 0 Å². The van der Waals surface area contributed by atoms with Crippen LogP contribution in [0.15, 0.2) is 18.3 Å². The number of rotatable bonds is 3. The van der Waals surface area contributed by atoms with E-state index in [4.69, 9.17) is 5.73 Å². The Kier molecular flexibility index (Phi) is 3.52. The maximum atomic E-state index is 12.1. The molecule has 1 heterocycles. The highest BCUT2D eigenvalue weighted by Gasteiger charge is 2.26. The molecule has 0 aliphatic carbocycles. The molecule has 0 aromatic carbocycles. The third kappa shape index (κ3) is 2.51. The topological polar surface area (TPSA) is 59.2 Å². The van der Waals surface area contributed by atoms with Crippen molar-refractivity contribution in [1.82, 2.24) is 9.88 Å². The highest BCUT2D eigenvalue weighted by molar-refractivity contribution is 5.95. The molecule has 0 fully saturated rings. The zero-order valence-corrected chi connectivity index (χ0v) is 10.3. The fraction of sp³-hybridized carbons (Fsp3) is 0.500. The predicted molar refractivity (Wildman–Crippen MR) is 65.1 cm³/mol. The van der Waals surface area contributed by atoms with E-state index in [0.29, 0.717) is 11.4 Å². The van der Waals surface area contributed by atoms with E-state index in [1.54, 1.807) is 23.2 Å². The van der Waals surface area contributed by atoms with Crippen LogP contribution in [0.1, 0.15) is 37.6 Å². The molecule has 2 N–H and O–H groups in total. The van der Waals surface area contributed by atoms with Gasteiger partial charge in [-0.1, -0.05) is 6.92 Å². The Morgan fingerprint density at radius 2 is 2.19 bits per heavy atom. The monoisotopic (exact) mass is 221 g/mol. The van der Waals surface area contributed by atoms with Gasteiger partial charge in [-0.15, -0.1) is 0 Å². The third-order valence-corrected chi connectivity index (χ3v) is 3.11. The van der Waals surface area contributed by atoms with Crippen molar-refractivity contribution in [3.05, 3.63) is 23.9 Å². The van der Waals surface area contributed by atoms with Crippen LogP contribution in [0.2, 0.25) is 0 Å². The van der Waals surface area contributed by atoms with E-state index in [0.717, 1.165) is 6.42 Å². The first-order chi connectivity index (χ1) is 7.38. The molecule has 1 aromatic rings. The molecule has 0 saturated carbocycles. The lowest BCUT2D eigenvalue weighted by Gasteiger charge is -2.34. The van der Waals surface area contributed by atoms with Crippen LogP contribution in [0.3, 0.4) is 0 Å². The first kappa shape index (κ1) is 12.5. The summed E-state index contributed by atoms with van der Waals surface area (Å²) < 4.78 is 0. The van der Waals surface area contributed by atoms with E-state index >= 15 is 0 Å². The van der Waals surface area contributed by atoms with E-state index in [2.05, 4.69) is 11.9 Å². The summed E-state index contributed by atoms with van der Waals surface area (Å²) in [5, 5.41) is 0. The summed E-state index contributed by atoms with van der Waals surface area (Å²) in [6, 6.07) is 3.28. The molecule has 1 rings (SSSR count). The Morgan fingerprint density at radius 3 is 2.69 bits per heavy atom. The number of hydrogen-bond donors (Lipinski definition) is 1. The van der Waals surface area contributed by atoms with Crippen molar-refractivity contribution in [1.29, 1.82) is 0 Å². The SMILES string of the molecule is CCC(C)(C)N(C)C(=O)c1ccnc(N)c1. The molecule has 0 unspecified atom stereocenters. The minimum atomic E-state index is -0.158. The van der Waals surface area contributed by atoms with E-state index in [1.807, 2.05) is 20.9 Å². The molecule has 0 atom stereocenters. The molecule has 0 radical (unpaired) electrons. The fourth-order valence-corrected chi connectivity index (χ4v) is 1.29. The lowest BCUT2D eigenvalue weighted by atomic mass is 9.99. The summed E-state index contributed by atoms with van der Waals surface area (Å²) in [7, 11) is 1.81. The average molecular weight is 221 g/mol. The lowest BCUT2D eigenvalue weighted by Crippen LogP contribution is -2.44. The predicted octanol–water partition coefficient (Wildman–Crippen LogP) is 1.92. The average Bonchev–Trinajstić information content (AvgIpc) is 2.27. The lowest BCUT2D eigenvalue weighted by molar-refractivity contribution is 0.0620. The summed E-state index contributed by atoms with van der Waals surface area (Å²) in [6.07, 6.45) is 2.45. The molecule has 0 aliphatic heterocycles. The zero-order chi connectivity index (χ0) is 12.3. The Morgan fingerprint density at radius 1 is 1.56 bits per heavy atom. The first-order valence-corrected chi connectivity index (χ1v) is 5.38. The second kappa shape index (κ2) is 4.51. The van der Waals surface area contributed by atoms with Gasteiger partial charge in [-0.2, -0.15) is 0 Å². The van der Waals surface area contributed by atoms with E-state index in [9.17, 15) is 4.79 Å². The number of carbonyl (C=O) groups is 1. The Bertz CT molecular complexity index is 388. The highest BCUT2D eigenvalue weighted by atomic mass is 16.2. The number of hydrogen-bond acceptors (Lipinski definition) is 3. The van der Waals surface area contributed by atoms with Gasteiger partial charge in [-0.05, 0) is 32.4 Å². The van der Waals surface area contributed by atoms with Gasteiger partial charge in [0.1, 0.15) is 5.82 Å². The quantitative estimate of drug-likeness (QED) is 0.848. The van der Waals surface area contributed by atoms with Crippen molar-refractivity contribution in [3.8, 4) is 0 Å². The van der Waals surface area contributed by atoms with Crippen LogP contribution in [-0.4, -0.2) is 28.4 Å². The molecular weight excluding hydrogens is 202 g/mol. The first-order valence-electron chi connectivity index (χ1n) is 5.38. The molecule has 0 bridgehead atoms. The minimum absolute atomic E-state index is 0.0269. The summed E-state index contributed by atoms with van der Waals surface area (Å²) in [5.74, 6) is 0.342. The van der Waals surface area contributed by atoms with Gasteiger partial charge in [0.2, 0.25) is 0 Å². The van der Waals surface area contributed by atoms with Gasteiger partial charge in [0, 0.05) is 24.3 Å². The second-order valence-corrected chi connectivity index (χ2v) is 4.50. The van der Waals surface area contributed by atoms with Crippen LogP contribution in [0.5, 0.6) is 0 Å². The number of nitrogens with two attached hydrogens (primary N) is 1. The largest absolute Gasteiger partial charge is 0.384 e. The molecule has 0 saturated heterocycles. The van der Waals surface area contributed by atoms with Crippen molar-refractivity contribution in [3.63, 3.8) is 0 Å². The summed E-state index contributed by atoms with van der Waals surface area (Å²) >= 11 is 0. The van der Waals surface area contributed by atoms with E-state index in [-0.39, 0.29) is 11.4 Å². The third-order valence-electron chi connectivity index (χ3n) is 3.11. The van der Waals surface area contributed by atoms with Gasteiger partial charge < -0.3 is 10.6 Å². The highest BCUT2D eigenvalue weighted by Crippen LogP contribution is 2.19. The minimum Gasteiger partial charge on any atom is -0.384 e. The van der Waals surface area contributed by atoms with Gasteiger partial charge in [0.25, 0.3) is 5.91 Å². The molecule has 1 aromatic heterocycles. The summed E-state index contributed by atoms with van der Waals surface area (Å²) in [6.45, 7) is 6.13. The number of nitrogens with zero attached hydrogens (tertiary/aromatic N) is 2. The van der Waals surface area contributed by atoms with Crippen LogP contribution in [0.4, 0.5) is 5.82 Å².